The summed E-state index contributed by atoms with van der Waals surface area (Å²) in [5.74, 6) is -1.39. The van der Waals surface area contributed by atoms with E-state index in [1.165, 1.54) is 13.3 Å². The van der Waals surface area contributed by atoms with Crippen LogP contribution in [-0.4, -0.2) is 76.7 Å². The number of amides is 3. The molecule has 0 fully saturated rings. The van der Waals surface area contributed by atoms with E-state index in [1.54, 1.807) is 52.0 Å². The van der Waals surface area contributed by atoms with E-state index in [-0.39, 0.29) is 30.5 Å². The molecule has 214 valence electrons. The third-order valence-electron chi connectivity index (χ3n) is 5.72. The lowest BCUT2D eigenvalue weighted by Crippen LogP contribution is -2.60. The average Bonchev–Trinajstić information content (AvgIpc) is 3.27. The predicted octanol–water partition coefficient (Wildman–Crippen LogP) is 2.64. The minimum absolute atomic E-state index is 0.00731. The molecule has 1 unspecified atom stereocenters. The number of nitrogens with one attached hydrogen (secondary N) is 1. The number of hydrogen-bond donors (Lipinski definition) is 2. The molecular formula is C26H34N7O7+. The van der Waals surface area contributed by atoms with Gasteiger partial charge in [0.1, 0.15) is 24.6 Å². The topological polar surface area (TPSA) is 175 Å². The van der Waals surface area contributed by atoms with Crippen molar-refractivity contribution in [2.75, 3.05) is 25.6 Å². The number of hydrogen-bond acceptors (Lipinski definition) is 11. The molecule has 0 saturated carbocycles. The van der Waals surface area contributed by atoms with E-state index < -0.39 is 53.4 Å². The van der Waals surface area contributed by atoms with Crippen LogP contribution in [0.3, 0.4) is 0 Å². The van der Waals surface area contributed by atoms with Gasteiger partial charge < -0.3 is 30.2 Å². The van der Waals surface area contributed by atoms with E-state index in [2.05, 4.69) is 20.3 Å². The first-order valence-electron chi connectivity index (χ1n) is 12.6. The van der Waals surface area contributed by atoms with E-state index >= 15 is 0 Å². The number of esters is 1. The fourth-order valence-electron chi connectivity index (χ4n) is 3.76. The highest BCUT2D eigenvalue weighted by atomic mass is 16.6. The number of carbonyl (C=O) groups excluding carboxylic acids is 4. The van der Waals surface area contributed by atoms with Crippen LogP contribution in [0.15, 0.2) is 41.7 Å². The zero-order chi connectivity index (χ0) is 29.5. The van der Waals surface area contributed by atoms with Crippen LogP contribution in [-0.2, 0) is 30.4 Å². The van der Waals surface area contributed by atoms with Gasteiger partial charge in [-0.05, 0) is 40.2 Å². The maximum Gasteiger partial charge on any atom is 0.529 e. The predicted molar refractivity (Wildman–Crippen MR) is 145 cm³/mol. The first-order valence-corrected chi connectivity index (χ1v) is 12.6. The Morgan fingerprint density at radius 1 is 1.10 bits per heavy atom. The van der Waals surface area contributed by atoms with Crippen molar-refractivity contribution in [1.29, 1.82) is 0 Å². The molecule has 14 heteroatoms. The zero-order valence-corrected chi connectivity index (χ0v) is 23.1. The number of carbonyl (C=O) groups is 4. The lowest BCUT2D eigenvalue weighted by atomic mass is 10.2. The van der Waals surface area contributed by atoms with Crippen LogP contribution in [0.1, 0.15) is 40.2 Å². The molecule has 3 rings (SSSR count). The molecule has 14 nitrogen and oxygen atoms in total. The molecule has 2 aromatic rings. The van der Waals surface area contributed by atoms with E-state index in [1.807, 2.05) is 6.07 Å². The van der Waals surface area contributed by atoms with E-state index in [9.17, 15) is 19.2 Å². The number of aromatic nitrogens is 2. The van der Waals surface area contributed by atoms with E-state index in [0.717, 1.165) is 16.8 Å². The quantitative estimate of drug-likeness (QED) is 0.202. The monoisotopic (exact) mass is 556 g/mol. The minimum Gasteiger partial charge on any atom is -0.464 e. The molecule has 3 amide bonds. The first-order chi connectivity index (χ1) is 18.9. The van der Waals surface area contributed by atoms with Crippen molar-refractivity contribution in [3.05, 3.63) is 42.2 Å². The third-order valence-corrected chi connectivity index (χ3v) is 5.72. The van der Waals surface area contributed by atoms with Gasteiger partial charge in [0.25, 0.3) is 11.7 Å². The lowest BCUT2D eigenvalue weighted by Gasteiger charge is -2.31. The highest BCUT2D eigenvalue weighted by Crippen LogP contribution is 2.40. The second-order valence-corrected chi connectivity index (χ2v) is 9.87. The molecule has 0 saturated heterocycles. The number of quaternary nitrogens is 1. The molecular weight excluding hydrogens is 522 g/mol. The molecule has 40 heavy (non-hydrogen) atoms. The first kappa shape index (κ1) is 30.0. The molecule has 0 aliphatic carbocycles. The van der Waals surface area contributed by atoms with Crippen molar-refractivity contribution < 1.29 is 33.4 Å². The highest BCUT2D eigenvalue weighted by molar-refractivity contribution is 6.09. The van der Waals surface area contributed by atoms with Crippen molar-refractivity contribution in [3.63, 3.8) is 0 Å². The molecule has 0 radical (unpaired) electrons. The molecule has 3 N–H and O–H groups in total. The van der Waals surface area contributed by atoms with Gasteiger partial charge in [-0.15, -0.1) is 4.48 Å². The number of anilines is 1. The number of benzene rings is 1. The summed E-state index contributed by atoms with van der Waals surface area (Å²) < 4.78 is 15.0. The number of fused-ring (bicyclic) bond motifs is 1. The number of rotatable bonds is 9. The fraction of sp³-hybridized carbons (Fsp3) is 0.423. The van der Waals surface area contributed by atoms with Crippen LogP contribution in [0.5, 0.6) is 0 Å². The number of ether oxygens (including phenoxy) is 3. The molecule has 1 aliphatic heterocycles. The maximum absolute atomic E-state index is 13.8. The number of alkyl carbamates (subject to hydrolysis) is 1. The SMILES string of the molecule is CCOC(=O)[C@H](C)N(CNC(=O)OC(C)(C)C)C(=O)C[N+]1(C(=O)OCc2ccccc2)C=Nc2c(N)ncnc21. The summed E-state index contributed by atoms with van der Waals surface area (Å²) in [7, 11) is 0. The normalized spacial score (nSPS) is 16.4. The molecule has 2 atom stereocenters. The molecule has 2 heterocycles. The van der Waals surface area contributed by atoms with Gasteiger partial charge in [0.05, 0.1) is 13.3 Å². The van der Waals surface area contributed by atoms with Crippen LogP contribution in [0.4, 0.5) is 26.9 Å². The number of nitrogens with two attached hydrogens (primary N) is 1. The van der Waals surface area contributed by atoms with E-state index in [4.69, 9.17) is 19.9 Å². The van der Waals surface area contributed by atoms with Gasteiger partial charge >= 0.3 is 18.2 Å². The van der Waals surface area contributed by atoms with Crippen molar-refractivity contribution in [2.24, 2.45) is 4.99 Å². The van der Waals surface area contributed by atoms with Crippen LogP contribution >= 0.6 is 0 Å². The van der Waals surface area contributed by atoms with Crippen LogP contribution < -0.4 is 15.5 Å². The van der Waals surface area contributed by atoms with Gasteiger partial charge in [0.15, 0.2) is 18.1 Å². The highest BCUT2D eigenvalue weighted by Gasteiger charge is 2.51. The Balaban J connectivity index is 1.92. The van der Waals surface area contributed by atoms with Crippen LogP contribution in [0.25, 0.3) is 0 Å². The number of aliphatic imine (C=N–C) groups is 1. The largest absolute Gasteiger partial charge is 0.529 e. The summed E-state index contributed by atoms with van der Waals surface area (Å²) in [6.45, 7) is 7.10. The number of nitrogens with zero attached hydrogens (tertiary/aromatic N) is 5. The van der Waals surface area contributed by atoms with Gasteiger partial charge in [-0.3, -0.25) is 4.79 Å². The maximum atomic E-state index is 13.8. The summed E-state index contributed by atoms with van der Waals surface area (Å²) in [4.78, 5) is 65.7. The van der Waals surface area contributed by atoms with Crippen molar-refractivity contribution in [1.82, 2.24) is 24.7 Å². The van der Waals surface area contributed by atoms with E-state index in [0.29, 0.717) is 0 Å². The van der Waals surface area contributed by atoms with Crippen molar-refractivity contribution in [2.45, 2.75) is 52.9 Å². The van der Waals surface area contributed by atoms with Gasteiger partial charge in [0, 0.05) is 0 Å². The molecule has 0 spiro atoms. The lowest BCUT2D eigenvalue weighted by molar-refractivity contribution is -0.154. The van der Waals surface area contributed by atoms with Gasteiger partial charge in [-0.25, -0.2) is 14.6 Å². The minimum atomic E-state index is -1.13. The Bertz CT molecular complexity index is 1280. The molecule has 0 bridgehead atoms. The summed E-state index contributed by atoms with van der Waals surface area (Å²) in [5, 5.41) is 2.47. The standard InChI is InChI=1S/C26H33N7O7/c1-6-38-23(35)17(2)32(15-30-24(36)40-26(3,4)5)19(34)12-33(16-31-20-21(27)28-14-29-22(20)33)25(37)39-13-18-10-8-7-9-11-18/h7-11,14,16-17H,6,12-13,15H2,1-5H3,(H2-,27,28,29,30,36)/p+1/t17-,33?/m0/s1. The van der Waals surface area contributed by atoms with Crippen LogP contribution in [0.2, 0.25) is 0 Å². The van der Waals surface area contributed by atoms with Gasteiger partial charge in [-0.1, -0.05) is 30.3 Å². The van der Waals surface area contributed by atoms with Gasteiger partial charge in [-0.2, -0.15) is 14.8 Å². The Morgan fingerprint density at radius 3 is 2.45 bits per heavy atom. The fourth-order valence-corrected chi connectivity index (χ4v) is 3.76. The van der Waals surface area contributed by atoms with Gasteiger partial charge in [0.2, 0.25) is 6.34 Å². The Kier molecular flexibility index (Phi) is 9.37. The summed E-state index contributed by atoms with van der Waals surface area (Å²) in [5.41, 5.74) is 6.00. The second kappa shape index (κ2) is 12.5. The summed E-state index contributed by atoms with van der Waals surface area (Å²) >= 11 is 0. The van der Waals surface area contributed by atoms with Crippen molar-refractivity contribution >= 4 is 47.7 Å². The average molecular weight is 557 g/mol. The second-order valence-electron chi connectivity index (χ2n) is 9.87. The van der Waals surface area contributed by atoms with Crippen molar-refractivity contribution in [3.8, 4) is 0 Å². The molecule has 1 aliphatic rings. The summed E-state index contributed by atoms with van der Waals surface area (Å²) in [6, 6.07) is 7.84. The summed E-state index contributed by atoms with van der Waals surface area (Å²) in [6.07, 6.45) is 0.673. The molecule has 1 aromatic carbocycles. The Hall–Kier alpha value is -4.59. The van der Waals surface area contributed by atoms with Crippen LogP contribution in [0, 0.1) is 0 Å². The smallest absolute Gasteiger partial charge is 0.464 e. The Morgan fingerprint density at radius 2 is 1.80 bits per heavy atom. The number of nitrogen functional groups attached to an aromatic ring is 1. The Labute approximate surface area is 231 Å². The molecule has 1 aromatic heterocycles. The zero-order valence-electron chi connectivity index (χ0n) is 23.1. The third kappa shape index (κ3) is 7.08.